The summed E-state index contributed by atoms with van der Waals surface area (Å²) >= 11 is 8.88. The number of aromatic nitrogens is 2. The van der Waals surface area contributed by atoms with Gasteiger partial charge in [0.15, 0.2) is 0 Å². The first-order chi connectivity index (χ1) is 7.56. The maximum absolute atomic E-state index is 11.8. The number of halogens is 2. The van der Waals surface area contributed by atoms with Crippen molar-refractivity contribution in [3.05, 3.63) is 26.8 Å². The number of hydrogen-bond donors (Lipinski definition) is 0. The van der Waals surface area contributed by atoms with E-state index in [0.29, 0.717) is 22.8 Å². The SMILES string of the molecule is Cc1ncc(Br)c(=O)n1CCC(C)CCCl. The Hall–Kier alpha value is -0.350. The number of nitrogens with zero attached hydrogens (tertiary/aromatic N) is 2. The first-order valence-corrected chi connectivity index (χ1v) is 6.67. The predicted molar refractivity (Wildman–Crippen MR) is 70.1 cm³/mol. The quantitative estimate of drug-likeness (QED) is 0.784. The highest BCUT2D eigenvalue weighted by molar-refractivity contribution is 9.10. The molecular formula is C11H16BrClN2O. The molecule has 0 spiro atoms. The van der Waals surface area contributed by atoms with Gasteiger partial charge in [0, 0.05) is 18.6 Å². The maximum atomic E-state index is 11.8. The van der Waals surface area contributed by atoms with Gasteiger partial charge in [-0.2, -0.15) is 0 Å². The van der Waals surface area contributed by atoms with Crippen molar-refractivity contribution in [2.24, 2.45) is 5.92 Å². The van der Waals surface area contributed by atoms with Crippen LogP contribution >= 0.6 is 27.5 Å². The van der Waals surface area contributed by atoms with Crippen LogP contribution in [0.3, 0.4) is 0 Å². The summed E-state index contributed by atoms with van der Waals surface area (Å²) in [5, 5.41) is 0. The van der Waals surface area contributed by atoms with E-state index < -0.39 is 0 Å². The molecule has 16 heavy (non-hydrogen) atoms. The molecule has 0 aromatic carbocycles. The van der Waals surface area contributed by atoms with Crippen LogP contribution in [-0.2, 0) is 6.54 Å². The third-order valence-electron chi connectivity index (χ3n) is 2.65. The lowest BCUT2D eigenvalue weighted by Gasteiger charge is -2.12. The number of rotatable bonds is 5. The van der Waals surface area contributed by atoms with Crippen LogP contribution in [0.2, 0.25) is 0 Å². The molecular weight excluding hydrogens is 291 g/mol. The average Bonchev–Trinajstić information content (AvgIpc) is 2.24. The standard InChI is InChI=1S/C11H16BrClN2O/c1-8(3-5-13)4-6-15-9(2)14-7-10(12)11(15)16/h7-8H,3-6H2,1-2H3. The highest BCUT2D eigenvalue weighted by atomic mass is 79.9. The molecule has 1 aromatic heterocycles. The maximum Gasteiger partial charge on any atom is 0.267 e. The topological polar surface area (TPSA) is 34.9 Å². The van der Waals surface area contributed by atoms with Gasteiger partial charge in [-0.15, -0.1) is 11.6 Å². The molecule has 0 aliphatic heterocycles. The Balaban J connectivity index is 2.74. The zero-order valence-electron chi connectivity index (χ0n) is 9.54. The van der Waals surface area contributed by atoms with E-state index in [9.17, 15) is 4.79 Å². The number of aryl methyl sites for hydroxylation is 1. The van der Waals surface area contributed by atoms with Gasteiger partial charge >= 0.3 is 0 Å². The Morgan fingerprint density at radius 2 is 2.25 bits per heavy atom. The molecule has 0 aliphatic carbocycles. The molecule has 0 saturated carbocycles. The molecule has 0 aliphatic rings. The minimum Gasteiger partial charge on any atom is -0.296 e. The van der Waals surface area contributed by atoms with Crippen molar-refractivity contribution in [1.82, 2.24) is 9.55 Å². The van der Waals surface area contributed by atoms with Gasteiger partial charge in [0.25, 0.3) is 5.56 Å². The summed E-state index contributed by atoms with van der Waals surface area (Å²) in [6.07, 6.45) is 3.48. The fourth-order valence-electron chi connectivity index (χ4n) is 1.49. The highest BCUT2D eigenvalue weighted by Crippen LogP contribution is 2.10. The van der Waals surface area contributed by atoms with E-state index in [-0.39, 0.29) is 5.56 Å². The Kier molecular flexibility index (Phi) is 5.49. The first kappa shape index (κ1) is 13.7. The summed E-state index contributed by atoms with van der Waals surface area (Å²) in [4.78, 5) is 16.0. The molecule has 0 bridgehead atoms. The number of hydrogen-bond acceptors (Lipinski definition) is 2. The van der Waals surface area contributed by atoms with Crippen LogP contribution in [0.5, 0.6) is 0 Å². The van der Waals surface area contributed by atoms with Gasteiger partial charge in [0.1, 0.15) is 10.3 Å². The van der Waals surface area contributed by atoms with E-state index in [4.69, 9.17) is 11.6 Å². The van der Waals surface area contributed by atoms with Crippen molar-refractivity contribution >= 4 is 27.5 Å². The molecule has 1 rings (SSSR count). The molecule has 0 saturated heterocycles. The summed E-state index contributed by atoms with van der Waals surface area (Å²) in [6, 6.07) is 0. The Morgan fingerprint density at radius 3 is 2.88 bits per heavy atom. The molecule has 0 fully saturated rings. The summed E-state index contributed by atoms with van der Waals surface area (Å²) in [5.41, 5.74) is -0.00873. The number of alkyl halides is 1. The second-order valence-electron chi connectivity index (χ2n) is 3.98. The fraction of sp³-hybridized carbons (Fsp3) is 0.636. The summed E-state index contributed by atoms with van der Waals surface area (Å²) < 4.78 is 2.22. The third kappa shape index (κ3) is 3.59. The van der Waals surface area contributed by atoms with Crippen LogP contribution in [0.4, 0.5) is 0 Å². The zero-order chi connectivity index (χ0) is 12.1. The molecule has 90 valence electrons. The molecule has 0 N–H and O–H groups in total. The van der Waals surface area contributed by atoms with E-state index >= 15 is 0 Å². The van der Waals surface area contributed by atoms with Gasteiger partial charge in [-0.3, -0.25) is 9.36 Å². The van der Waals surface area contributed by atoms with Crippen molar-refractivity contribution in [2.45, 2.75) is 33.2 Å². The highest BCUT2D eigenvalue weighted by Gasteiger charge is 2.07. The molecule has 1 atom stereocenters. The van der Waals surface area contributed by atoms with E-state index in [0.717, 1.165) is 18.7 Å². The molecule has 1 aromatic rings. The van der Waals surface area contributed by atoms with E-state index in [1.54, 1.807) is 10.8 Å². The van der Waals surface area contributed by atoms with Crippen LogP contribution in [0, 0.1) is 12.8 Å². The Morgan fingerprint density at radius 1 is 1.56 bits per heavy atom. The van der Waals surface area contributed by atoms with Crippen LogP contribution in [0.25, 0.3) is 0 Å². The van der Waals surface area contributed by atoms with Crippen molar-refractivity contribution in [3.8, 4) is 0 Å². The van der Waals surface area contributed by atoms with Crippen LogP contribution in [0.1, 0.15) is 25.6 Å². The first-order valence-electron chi connectivity index (χ1n) is 5.34. The molecule has 1 heterocycles. The lowest BCUT2D eigenvalue weighted by atomic mass is 10.1. The minimum absolute atomic E-state index is 0.00873. The summed E-state index contributed by atoms with van der Waals surface area (Å²) in [5.74, 6) is 1.96. The smallest absolute Gasteiger partial charge is 0.267 e. The van der Waals surface area contributed by atoms with Crippen molar-refractivity contribution in [3.63, 3.8) is 0 Å². The molecule has 3 nitrogen and oxygen atoms in total. The molecule has 1 unspecified atom stereocenters. The monoisotopic (exact) mass is 306 g/mol. The fourth-order valence-corrected chi connectivity index (χ4v) is 2.18. The predicted octanol–water partition coefficient (Wildman–Crippen LogP) is 2.97. The van der Waals surface area contributed by atoms with Crippen molar-refractivity contribution in [1.29, 1.82) is 0 Å². The van der Waals surface area contributed by atoms with E-state index in [2.05, 4.69) is 27.8 Å². The van der Waals surface area contributed by atoms with Crippen LogP contribution in [-0.4, -0.2) is 15.4 Å². The zero-order valence-corrected chi connectivity index (χ0v) is 11.9. The van der Waals surface area contributed by atoms with Gasteiger partial charge in [0.05, 0.1) is 0 Å². The average molecular weight is 308 g/mol. The third-order valence-corrected chi connectivity index (χ3v) is 3.41. The van der Waals surface area contributed by atoms with Gasteiger partial charge in [-0.1, -0.05) is 6.92 Å². The lowest BCUT2D eigenvalue weighted by molar-refractivity contribution is 0.456. The molecule has 0 amide bonds. The molecule has 0 radical (unpaired) electrons. The Labute approximate surface area is 109 Å². The minimum atomic E-state index is -0.00873. The van der Waals surface area contributed by atoms with E-state index in [1.165, 1.54) is 0 Å². The second kappa shape index (κ2) is 6.40. The van der Waals surface area contributed by atoms with Gasteiger partial charge in [-0.05, 0) is 41.6 Å². The summed E-state index contributed by atoms with van der Waals surface area (Å²) in [7, 11) is 0. The lowest BCUT2D eigenvalue weighted by Crippen LogP contribution is -2.24. The van der Waals surface area contributed by atoms with Gasteiger partial charge < -0.3 is 0 Å². The molecule has 5 heteroatoms. The van der Waals surface area contributed by atoms with E-state index in [1.807, 2.05) is 6.92 Å². The van der Waals surface area contributed by atoms with Crippen LogP contribution in [0.15, 0.2) is 15.5 Å². The van der Waals surface area contributed by atoms with Crippen molar-refractivity contribution in [2.75, 3.05) is 5.88 Å². The van der Waals surface area contributed by atoms with Gasteiger partial charge in [-0.25, -0.2) is 4.98 Å². The van der Waals surface area contributed by atoms with Gasteiger partial charge in [0.2, 0.25) is 0 Å². The largest absolute Gasteiger partial charge is 0.296 e. The summed E-state index contributed by atoms with van der Waals surface area (Å²) in [6.45, 7) is 4.70. The second-order valence-corrected chi connectivity index (χ2v) is 5.21. The normalized spacial score (nSPS) is 12.8. The van der Waals surface area contributed by atoms with Crippen LogP contribution < -0.4 is 5.56 Å². The Bertz CT molecular complexity index is 405. The van der Waals surface area contributed by atoms with Crippen molar-refractivity contribution < 1.29 is 0 Å².